The third-order valence-corrected chi connectivity index (χ3v) is 4.08. The third-order valence-electron chi connectivity index (χ3n) is 3.35. The van der Waals surface area contributed by atoms with E-state index in [1.807, 2.05) is 6.07 Å². The van der Waals surface area contributed by atoms with Gasteiger partial charge in [-0.05, 0) is 12.3 Å². The van der Waals surface area contributed by atoms with Crippen molar-refractivity contribution in [2.24, 2.45) is 5.92 Å². The number of carbonyl (C=O) groups excluding carboxylic acids is 1. The Morgan fingerprint density at radius 2 is 2.05 bits per heavy atom. The molecular formula is C15H13N3O2S. The Morgan fingerprint density at radius 3 is 2.62 bits per heavy atom. The van der Waals surface area contributed by atoms with Crippen LogP contribution in [-0.4, -0.2) is 19.3 Å². The van der Waals surface area contributed by atoms with E-state index < -0.39 is 17.7 Å². The van der Waals surface area contributed by atoms with Gasteiger partial charge in [0.25, 0.3) is 0 Å². The lowest BCUT2D eigenvalue weighted by Crippen LogP contribution is -2.38. The van der Waals surface area contributed by atoms with Crippen LogP contribution < -0.4 is 10.1 Å². The van der Waals surface area contributed by atoms with Crippen molar-refractivity contribution in [3.63, 3.8) is 0 Å². The Bertz CT molecular complexity index is 685. The monoisotopic (exact) mass is 299 g/mol. The van der Waals surface area contributed by atoms with Crippen LogP contribution in [0.2, 0.25) is 0 Å². The second kappa shape index (κ2) is 6.34. The molecule has 106 valence electrons. The Hall–Kier alpha value is -2.44. The van der Waals surface area contributed by atoms with Crippen molar-refractivity contribution in [3.05, 3.63) is 40.4 Å². The maximum absolute atomic E-state index is 12.1. The molecule has 2 rings (SSSR count). The van der Waals surface area contributed by atoms with Gasteiger partial charge >= 0.3 is 0 Å². The smallest absolute Gasteiger partial charge is 0.243 e. The van der Waals surface area contributed by atoms with E-state index in [2.05, 4.69) is 11.4 Å². The van der Waals surface area contributed by atoms with Gasteiger partial charge in [-0.3, -0.25) is 4.79 Å². The van der Waals surface area contributed by atoms with Crippen molar-refractivity contribution in [1.29, 1.82) is 10.5 Å². The third kappa shape index (κ3) is 2.58. The van der Waals surface area contributed by atoms with Crippen LogP contribution in [0.5, 0.6) is 5.75 Å². The number of rotatable bonds is 3. The van der Waals surface area contributed by atoms with Crippen LogP contribution in [0.15, 0.2) is 34.9 Å². The molecule has 0 saturated carbocycles. The van der Waals surface area contributed by atoms with E-state index in [1.165, 1.54) is 18.9 Å². The highest BCUT2D eigenvalue weighted by atomic mass is 32.2. The van der Waals surface area contributed by atoms with Crippen LogP contribution >= 0.6 is 11.8 Å². The molecule has 1 aromatic carbocycles. The lowest BCUT2D eigenvalue weighted by Gasteiger charge is -2.29. The highest BCUT2D eigenvalue weighted by Crippen LogP contribution is 2.41. The van der Waals surface area contributed by atoms with E-state index in [4.69, 9.17) is 4.74 Å². The lowest BCUT2D eigenvalue weighted by molar-refractivity contribution is -0.123. The first-order valence-corrected chi connectivity index (χ1v) is 7.42. The summed E-state index contributed by atoms with van der Waals surface area (Å²) >= 11 is 1.28. The average Bonchev–Trinajstić information content (AvgIpc) is 2.53. The minimum absolute atomic E-state index is 0.387. The van der Waals surface area contributed by atoms with Crippen LogP contribution in [-0.2, 0) is 4.79 Å². The van der Waals surface area contributed by atoms with Crippen LogP contribution in [0.25, 0.3) is 0 Å². The number of benzene rings is 1. The van der Waals surface area contributed by atoms with E-state index in [0.717, 1.165) is 0 Å². The molecular weight excluding hydrogens is 286 g/mol. The zero-order chi connectivity index (χ0) is 15.4. The molecule has 1 aliphatic rings. The van der Waals surface area contributed by atoms with Crippen LogP contribution in [0.4, 0.5) is 0 Å². The van der Waals surface area contributed by atoms with Crippen molar-refractivity contribution in [2.45, 2.75) is 5.92 Å². The highest BCUT2D eigenvalue weighted by Gasteiger charge is 2.40. The number of para-hydroxylation sites is 1. The molecule has 1 aromatic rings. The predicted molar refractivity (Wildman–Crippen MR) is 79.1 cm³/mol. The number of allylic oxidation sites excluding steroid dienone is 1. The van der Waals surface area contributed by atoms with Gasteiger partial charge in [-0.2, -0.15) is 10.5 Å². The van der Waals surface area contributed by atoms with Crippen molar-refractivity contribution >= 4 is 17.7 Å². The second-order valence-corrected chi connectivity index (χ2v) is 5.19. The van der Waals surface area contributed by atoms with Gasteiger partial charge in [0.1, 0.15) is 11.7 Å². The van der Waals surface area contributed by atoms with E-state index in [1.54, 1.807) is 30.5 Å². The molecule has 1 aliphatic heterocycles. The number of methoxy groups -OCH3 is 1. The van der Waals surface area contributed by atoms with Crippen LogP contribution in [0, 0.1) is 28.6 Å². The van der Waals surface area contributed by atoms with Gasteiger partial charge in [0, 0.05) is 5.56 Å². The Kier molecular flexibility index (Phi) is 4.52. The molecule has 2 atom stereocenters. The average molecular weight is 299 g/mol. The van der Waals surface area contributed by atoms with E-state index in [9.17, 15) is 15.3 Å². The molecule has 0 fully saturated rings. The number of ether oxygens (including phenoxy) is 1. The summed E-state index contributed by atoms with van der Waals surface area (Å²) < 4.78 is 5.31. The minimum Gasteiger partial charge on any atom is -0.496 e. The van der Waals surface area contributed by atoms with Gasteiger partial charge < -0.3 is 10.1 Å². The van der Waals surface area contributed by atoms with E-state index in [0.29, 0.717) is 21.9 Å². The number of hydrogen-bond acceptors (Lipinski definition) is 5. The molecule has 5 nitrogen and oxygen atoms in total. The molecule has 21 heavy (non-hydrogen) atoms. The standard InChI is InChI=1S/C15H13N3O2S/c1-20-12-6-4-3-5-9(12)13-10(7-16)14(19)18-15(21-2)11(13)8-17/h3-6,10,13H,1-2H3,(H,18,19)/t10-,13+/m0/s1. The van der Waals surface area contributed by atoms with E-state index in [-0.39, 0.29) is 0 Å². The van der Waals surface area contributed by atoms with E-state index >= 15 is 0 Å². The maximum Gasteiger partial charge on any atom is 0.243 e. The highest BCUT2D eigenvalue weighted by molar-refractivity contribution is 8.02. The van der Waals surface area contributed by atoms with Crippen molar-refractivity contribution < 1.29 is 9.53 Å². The summed E-state index contributed by atoms with van der Waals surface area (Å²) in [5.74, 6) is -1.40. The predicted octanol–water partition coefficient (Wildman–Crippen LogP) is 2.15. The SMILES string of the molecule is COc1ccccc1[C@H]1C(C#N)=C(SC)NC(=O)[C@H]1C#N. The minimum atomic E-state index is -0.952. The molecule has 0 saturated heterocycles. The quantitative estimate of drug-likeness (QED) is 0.924. The van der Waals surface area contributed by atoms with Crippen LogP contribution in [0.3, 0.4) is 0 Å². The zero-order valence-corrected chi connectivity index (χ0v) is 12.4. The number of thioether (sulfide) groups is 1. The summed E-state index contributed by atoms with van der Waals surface area (Å²) in [5, 5.41) is 21.9. The summed E-state index contributed by atoms with van der Waals surface area (Å²) in [4.78, 5) is 12.1. The van der Waals surface area contributed by atoms with Crippen molar-refractivity contribution in [3.8, 4) is 17.9 Å². The number of nitrogens with zero attached hydrogens (tertiary/aromatic N) is 2. The summed E-state index contributed by atoms with van der Waals surface area (Å²) in [7, 11) is 1.52. The first-order valence-electron chi connectivity index (χ1n) is 6.19. The van der Waals surface area contributed by atoms with Crippen molar-refractivity contribution in [2.75, 3.05) is 13.4 Å². The van der Waals surface area contributed by atoms with Gasteiger partial charge in [-0.1, -0.05) is 18.2 Å². The molecule has 0 unspecified atom stereocenters. The number of carbonyl (C=O) groups is 1. The van der Waals surface area contributed by atoms with Crippen molar-refractivity contribution in [1.82, 2.24) is 5.32 Å². The zero-order valence-electron chi connectivity index (χ0n) is 11.6. The van der Waals surface area contributed by atoms with Crippen LogP contribution in [0.1, 0.15) is 11.5 Å². The maximum atomic E-state index is 12.1. The summed E-state index contributed by atoms with van der Waals surface area (Å²) in [6, 6.07) is 11.3. The Labute approximate surface area is 127 Å². The molecule has 1 amide bonds. The van der Waals surface area contributed by atoms with Gasteiger partial charge in [-0.15, -0.1) is 11.8 Å². The molecule has 1 heterocycles. The number of nitriles is 2. The summed E-state index contributed by atoms with van der Waals surface area (Å²) in [6.07, 6.45) is 1.78. The number of hydrogen-bond donors (Lipinski definition) is 1. The second-order valence-electron chi connectivity index (χ2n) is 4.37. The Morgan fingerprint density at radius 1 is 1.33 bits per heavy atom. The molecule has 1 N–H and O–H groups in total. The Balaban J connectivity index is 2.68. The normalized spacial score (nSPS) is 21.2. The summed E-state index contributed by atoms with van der Waals surface area (Å²) in [5.41, 5.74) is 1.06. The molecule has 0 spiro atoms. The fraction of sp³-hybridized carbons (Fsp3) is 0.267. The first-order chi connectivity index (χ1) is 10.2. The molecule has 6 heteroatoms. The van der Waals surface area contributed by atoms with Gasteiger partial charge in [-0.25, -0.2) is 0 Å². The van der Waals surface area contributed by atoms with Gasteiger partial charge in [0.15, 0.2) is 0 Å². The number of amides is 1. The first kappa shape index (κ1) is 15.0. The lowest BCUT2D eigenvalue weighted by atomic mass is 9.79. The largest absolute Gasteiger partial charge is 0.496 e. The molecule has 0 aromatic heterocycles. The van der Waals surface area contributed by atoms with Gasteiger partial charge in [0.05, 0.1) is 35.8 Å². The fourth-order valence-electron chi connectivity index (χ4n) is 2.39. The summed E-state index contributed by atoms with van der Waals surface area (Å²) in [6.45, 7) is 0. The molecule has 0 aliphatic carbocycles. The number of nitrogens with one attached hydrogen (secondary N) is 1. The topological polar surface area (TPSA) is 85.9 Å². The molecule has 0 radical (unpaired) electrons. The molecule has 0 bridgehead atoms. The fourth-order valence-corrected chi connectivity index (χ4v) is 2.98. The van der Waals surface area contributed by atoms with Gasteiger partial charge in [0.2, 0.25) is 5.91 Å².